The molecule has 0 saturated carbocycles. The highest BCUT2D eigenvalue weighted by molar-refractivity contribution is 5.76. The van der Waals surface area contributed by atoms with Gasteiger partial charge in [0.15, 0.2) is 5.75 Å². The molecule has 0 aliphatic heterocycles. The number of carbonyl (C=O) groups excluding carboxylic acids is 1. The highest BCUT2D eigenvalue weighted by Gasteiger charge is 2.16. The van der Waals surface area contributed by atoms with E-state index in [1.165, 1.54) is 0 Å². The Morgan fingerprint density at radius 2 is 2.00 bits per heavy atom. The number of carbonyl (C=O) groups is 1. The lowest BCUT2D eigenvalue weighted by atomic mass is 10.1. The third kappa shape index (κ3) is 2.82. The number of esters is 1. The number of aromatic nitrogens is 2. The second-order valence-corrected chi connectivity index (χ2v) is 4.59. The molecule has 20 heavy (non-hydrogen) atoms. The monoisotopic (exact) mass is 274 g/mol. The highest BCUT2D eigenvalue weighted by Crippen LogP contribution is 2.23. The Labute approximate surface area is 118 Å². The van der Waals surface area contributed by atoms with E-state index in [4.69, 9.17) is 9.47 Å². The first-order valence-corrected chi connectivity index (χ1v) is 6.35. The number of nitrogens with zero attached hydrogens (tertiary/aromatic N) is 2. The van der Waals surface area contributed by atoms with Gasteiger partial charge in [-0.25, -0.2) is 0 Å². The van der Waals surface area contributed by atoms with Crippen LogP contribution in [-0.4, -0.2) is 22.9 Å². The molecule has 0 aliphatic carbocycles. The van der Waals surface area contributed by atoms with E-state index in [1.807, 2.05) is 45.2 Å². The first-order valence-electron chi connectivity index (χ1n) is 6.35. The van der Waals surface area contributed by atoms with Crippen LogP contribution in [0.2, 0.25) is 0 Å². The number of ether oxygens (including phenoxy) is 2. The van der Waals surface area contributed by atoms with Crippen LogP contribution in [0.5, 0.6) is 11.5 Å². The summed E-state index contributed by atoms with van der Waals surface area (Å²) in [5.41, 5.74) is 2.34. The molecule has 1 heterocycles. The lowest BCUT2D eigenvalue weighted by Gasteiger charge is -2.08. The van der Waals surface area contributed by atoms with Crippen LogP contribution < -0.4 is 9.47 Å². The molecule has 0 spiro atoms. The maximum Gasteiger partial charge on any atom is 0.315 e. The fourth-order valence-corrected chi connectivity index (χ4v) is 2.06. The summed E-state index contributed by atoms with van der Waals surface area (Å²) >= 11 is 0. The summed E-state index contributed by atoms with van der Waals surface area (Å²) in [5.74, 6) is 0.894. The summed E-state index contributed by atoms with van der Waals surface area (Å²) in [4.78, 5) is 12.0. The van der Waals surface area contributed by atoms with Gasteiger partial charge in [-0.2, -0.15) is 5.10 Å². The number of aryl methyl sites for hydroxylation is 2. The van der Waals surface area contributed by atoms with Crippen LogP contribution in [0.25, 0.3) is 0 Å². The molecule has 1 aromatic carbocycles. The van der Waals surface area contributed by atoms with Crippen LogP contribution >= 0.6 is 0 Å². The number of hydrogen-bond donors (Lipinski definition) is 0. The predicted molar refractivity (Wildman–Crippen MR) is 75.0 cm³/mol. The molecule has 0 saturated heterocycles. The Morgan fingerprint density at radius 1 is 1.30 bits per heavy atom. The van der Waals surface area contributed by atoms with E-state index in [0.717, 1.165) is 11.3 Å². The van der Waals surface area contributed by atoms with Gasteiger partial charge in [0, 0.05) is 12.6 Å². The molecular formula is C15H18N2O3. The molecule has 0 atom stereocenters. The van der Waals surface area contributed by atoms with Gasteiger partial charge < -0.3 is 9.47 Å². The van der Waals surface area contributed by atoms with Crippen LogP contribution in [0.1, 0.15) is 17.0 Å². The summed E-state index contributed by atoms with van der Waals surface area (Å²) < 4.78 is 12.3. The summed E-state index contributed by atoms with van der Waals surface area (Å²) in [7, 11) is 3.40. The average molecular weight is 274 g/mol. The molecule has 0 fully saturated rings. The predicted octanol–water partition coefficient (Wildman–Crippen LogP) is 2.19. The zero-order chi connectivity index (χ0) is 14.7. The highest BCUT2D eigenvalue weighted by atomic mass is 16.5. The summed E-state index contributed by atoms with van der Waals surface area (Å²) in [6.07, 6.45) is 0.164. The van der Waals surface area contributed by atoms with E-state index in [1.54, 1.807) is 11.8 Å². The molecule has 0 unspecified atom stereocenters. The van der Waals surface area contributed by atoms with E-state index < -0.39 is 0 Å². The number of hydrogen-bond acceptors (Lipinski definition) is 4. The fraction of sp³-hybridized carbons (Fsp3) is 0.333. The first-order chi connectivity index (χ1) is 9.52. The maximum atomic E-state index is 12.0. The lowest BCUT2D eigenvalue weighted by Crippen LogP contribution is -2.13. The van der Waals surface area contributed by atoms with Gasteiger partial charge in [0.2, 0.25) is 0 Å². The van der Waals surface area contributed by atoms with Gasteiger partial charge in [0.05, 0.1) is 19.2 Å². The minimum absolute atomic E-state index is 0.164. The molecule has 0 bridgehead atoms. The van der Waals surface area contributed by atoms with Crippen molar-refractivity contribution in [2.75, 3.05) is 7.11 Å². The van der Waals surface area contributed by atoms with Crippen molar-refractivity contribution >= 4 is 5.97 Å². The lowest BCUT2D eigenvalue weighted by molar-refractivity contribution is -0.133. The molecule has 0 radical (unpaired) electrons. The van der Waals surface area contributed by atoms with Gasteiger partial charge in [0.25, 0.3) is 0 Å². The van der Waals surface area contributed by atoms with Crippen molar-refractivity contribution in [2.45, 2.75) is 20.3 Å². The topological polar surface area (TPSA) is 53.4 Å². The Balaban J connectivity index is 2.13. The maximum absolute atomic E-state index is 12.0. The second-order valence-electron chi connectivity index (χ2n) is 4.59. The van der Waals surface area contributed by atoms with Crippen molar-refractivity contribution in [1.29, 1.82) is 0 Å². The number of rotatable bonds is 4. The Morgan fingerprint density at radius 3 is 2.60 bits per heavy atom. The smallest absolute Gasteiger partial charge is 0.315 e. The van der Waals surface area contributed by atoms with E-state index >= 15 is 0 Å². The molecule has 0 amide bonds. The van der Waals surface area contributed by atoms with Gasteiger partial charge in [-0.1, -0.05) is 18.2 Å². The van der Waals surface area contributed by atoms with E-state index in [-0.39, 0.29) is 12.4 Å². The Hall–Kier alpha value is -2.30. The van der Waals surface area contributed by atoms with Crippen molar-refractivity contribution < 1.29 is 14.3 Å². The van der Waals surface area contributed by atoms with E-state index in [9.17, 15) is 4.79 Å². The summed E-state index contributed by atoms with van der Waals surface area (Å²) in [6, 6.07) is 7.40. The summed E-state index contributed by atoms with van der Waals surface area (Å²) in [6.45, 7) is 3.68. The van der Waals surface area contributed by atoms with Gasteiger partial charge in [-0.05, 0) is 19.9 Å². The standard InChI is InChI=1S/C15H18N2O3/c1-10-15(11(2)17(3)16-10)20-14(18)9-12-7-5-6-8-13(12)19-4/h5-8H,9H2,1-4H3. The second kappa shape index (κ2) is 5.77. The molecule has 0 aliphatic rings. The van der Waals surface area contributed by atoms with Gasteiger partial charge in [-0.3, -0.25) is 9.48 Å². The Bertz CT molecular complexity index is 632. The molecule has 2 aromatic rings. The zero-order valence-corrected chi connectivity index (χ0v) is 12.1. The van der Waals surface area contributed by atoms with Crippen molar-refractivity contribution in [1.82, 2.24) is 9.78 Å². The van der Waals surface area contributed by atoms with Crippen LogP contribution in [0, 0.1) is 13.8 Å². The molecular weight excluding hydrogens is 256 g/mol. The molecule has 106 valence electrons. The van der Waals surface area contributed by atoms with Crippen LogP contribution in [0.15, 0.2) is 24.3 Å². The van der Waals surface area contributed by atoms with Gasteiger partial charge in [-0.15, -0.1) is 0 Å². The third-order valence-electron chi connectivity index (χ3n) is 3.19. The first kappa shape index (κ1) is 14.1. The fourth-order valence-electron chi connectivity index (χ4n) is 2.06. The quantitative estimate of drug-likeness (QED) is 0.802. The normalized spacial score (nSPS) is 10.4. The molecule has 2 rings (SSSR count). The molecule has 5 nitrogen and oxygen atoms in total. The summed E-state index contributed by atoms with van der Waals surface area (Å²) in [5, 5.41) is 4.22. The van der Waals surface area contributed by atoms with Crippen LogP contribution in [0.4, 0.5) is 0 Å². The Kier molecular flexibility index (Phi) is 4.08. The molecule has 1 aromatic heterocycles. The minimum atomic E-state index is -0.325. The van der Waals surface area contributed by atoms with Crippen molar-refractivity contribution in [3.63, 3.8) is 0 Å². The zero-order valence-electron chi connectivity index (χ0n) is 12.1. The van der Waals surface area contributed by atoms with Crippen LogP contribution in [0.3, 0.4) is 0 Å². The SMILES string of the molecule is COc1ccccc1CC(=O)Oc1c(C)nn(C)c1C. The van der Waals surface area contributed by atoms with Gasteiger partial charge in [0.1, 0.15) is 11.4 Å². The third-order valence-corrected chi connectivity index (χ3v) is 3.19. The van der Waals surface area contributed by atoms with Crippen LogP contribution in [-0.2, 0) is 18.3 Å². The van der Waals surface area contributed by atoms with Crippen molar-refractivity contribution in [2.24, 2.45) is 7.05 Å². The largest absolute Gasteiger partial charge is 0.496 e. The molecule has 5 heteroatoms. The number of benzene rings is 1. The van der Waals surface area contributed by atoms with Crippen molar-refractivity contribution in [3.8, 4) is 11.5 Å². The number of para-hydroxylation sites is 1. The van der Waals surface area contributed by atoms with Gasteiger partial charge >= 0.3 is 5.97 Å². The minimum Gasteiger partial charge on any atom is -0.496 e. The molecule has 0 N–H and O–H groups in total. The average Bonchev–Trinajstić information content (AvgIpc) is 2.66. The van der Waals surface area contributed by atoms with E-state index in [2.05, 4.69) is 5.10 Å². The van der Waals surface area contributed by atoms with E-state index in [0.29, 0.717) is 17.2 Å². The van der Waals surface area contributed by atoms with Crippen molar-refractivity contribution in [3.05, 3.63) is 41.2 Å². The number of methoxy groups -OCH3 is 1.